The van der Waals surface area contributed by atoms with E-state index in [1.165, 1.54) is 12.2 Å². The molecule has 0 spiro atoms. The van der Waals surface area contributed by atoms with E-state index < -0.39 is 23.5 Å². The van der Waals surface area contributed by atoms with Crippen LogP contribution in [0.1, 0.15) is 92.9 Å². The number of rotatable bonds is 16. The molecule has 8 nitrogen and oxygen atoms in total. The van der Waals surface area contributed by atoms with Gasteiger partial charge in [-0.3, -0.25) is 9.78 Å². The largest absolute Gasteiger partial charge is 0.540 e. The van der Waals surface area contributed by atoms with Crippen molar-refractivity contribution in [2.75, 3.05) is 13.2 Å². The van der Waals surface area contributed by atoms with Crippen LogP contribution in [0.2, 0.25) is 0 Å². The minimum atomic E-state index is -0.928. The zero-order valence-corrected chi connectivity index (χ0v) is 19.5. The molecule has 0 rings (SSSR count). The third kappa shape index (κ3) is 17.1. The van der Waals surface area contributed by atoms with Crippen molar-refractivity contribution < 1.29 is 38.6 Å². The number of hydrogen-bond acceptors (Lipinski definition) is 8. The molecule has 0 unspecified atom stereocenters. The van der Waals surface area contributed by atoms with Gasteiger partial charge in [0.1, 0.15) is 24.4 Å². The lowest BCUT2D eigenvalue weighted by Gasteiger charge is -2.22. The van der Waals surface area contributed by atoms with Crippen molar-refractivity contribution in [2.45, 2.75) is 104 Å². The van der Waals surface area contributed by atoms with Gasteiger partial charge in [0.2, 0.25) is 0 Å². The van der Waals surface area contributed by atoms with Crippen LogP contribution in [0, 0.1) is 0 Å². The van der Waals surface area contributed by atoms with Crippen LogP contribution in [0.4, 0.5) is 9.59 Å². The lowest BCUT2D eigenvalue weighted by molar-refractivity contribution is -0.318. The SMILES string of the molecule is CCCCCC(C)(C)OOC(=O)OCC=CCOC(=O)OOC(C)(C)CCCCC. The van der Waals surface area contributed by atoms with Crippen molar-refractivity contribution in [3.8, 4) is 0 Å². The first-order chi connectivity index (χ1) is 14.1. The van der Waals surface area contributed by atoms with E-state index in [0.717, 1.165) is 51.4 Å². The Morgan fingerprint density at radius 3 is 1.37 bits per heavy atom. The van der Waals surface area contributed by atoms with E-state index in [4.69, 9.17) is 19.2 Å². The Bertz CT molecular complexity index is 455. The summed E-state index contributed by atoms with van der Waals surface area (Å²) in [4.78, 5) is 42.6. The van der Waals surface area contributed by atoms with Crippen molar-refractivity contribution in [3.63, 3.8) is 0 Å². The van der Waals surface area contributed by atoms with Gasteiger partial charge in [-0.15, -0.1) is 0 Å². The summed E-state index contributed by atoms with van der Waals surface area (Å²) in [5, 5.41) is 0. The topological polar surface area (TPSA) is 89.5 Å². The molecule has 176 valence electrons. The van der Waals surface area contributed by atoms with Crippen LogP contribution in [0.25, 0.3) is 0 Å². The standard InChI is InChI=1S/C22H40O8/c1-7-9-11-15-21(3,4)29-27-19(23)25-17-13-14-18-26-20(24)28-30-22(5,6)16-12-10-8-2/h13-14H,7-12,15-18H2,1-6H3. The van der Waals surface area contributed by atoms with Gasteiger partial charge < -0.3 is 9.47 Å². The normalized spacial score (nSPS) is 12.1. The Kier molecular flexibility index (Phi) is 15.0. The van der Waals surface area contributed by atoms with Crippen LogP contribution in [-0.2, 0) is 29.0 Å². The highest BCUT2D eigenvalue weighted by atomic mass is 17.2. The molecule has 8 heteroatoms. The molecule has 0 atom stereocenters. The molecule has 0 bridgehead atoms. The summed E-state index contributed by atoms with van der Waals surface area (Å²) in [6.45, 7) is 11.5. The number of carbonyl (C=O) groups is 2. The van der Waals surface area contributed by atoms with Crippen LogP contribution in [0.3, 0.4) is 0 Å². The maximum atomic E-state index is 11.5. The molecule has 0 saturated heterocycles. The summed E-state index contributed by atoms with van der Waals surface area (Å²) in [5.74, 6) is 0. The second kappa shape index (κ2) is 16.0. The van der Waals surface area contributed by atoms with Crippen molar-refractivity contribution in [1.29, 1.82) is 0 Å². The number of ether oxygens (including phenoxy) is 2. The summed E-state index contributed by atoms with van der Waals surface area (Å²) in [5.41, 5.74) is -1.13. The van der Waals surface area contributed by atoms with Crippen molar-refractivity contribution in [1.82, 2.24) is 0 Å². The minimum absolute atomic E-state index is 0.0438. The summed E-state index contributed by atoms with van der Waals surface area (Å²) in [6.07, 6.45) is 9.12. The fourth-order valence-electron chi connectivity index (χ4n) is 2.39. The summed E-state index contributed by atoms with van der Waals surface area (Å²) in [6, 6.07) is 0. The molecule has 0 aliphatic heterocycles. The van der Waals surface area contributed by atoms with Crippen LogP contribution >= 0.6 is 0 Å². The first-order valence-electron chi connectivity index (χ1n) is 10.8. The van der Waals surface area contributed by atoms with Crippen molar-refractivity contribution >= 4 is 12.3 Å². The number of unbranched alkanes of at least 4 members (excludes halogenated alkanes) is 4. The van der Waals surface area contributed by atoms with E-state index in [1.807, 2.05) is 27.7 Å². The molecule has 0 amide bonds. The van der Waals surface area contributed by atoms with Gasteiger partial charge >= 0.3 is 12.3 Å². The van der Waals surface area contributed by atoms with E-state index >= 15 is 0 Å². The van der Waals surface area contributed by atoms with E-state index in [1.54, 1.807) is 0 Å². The number of hydrogen-bond donors (Lipinski definition) is 0. The predicted molar refractivity (Wildman–Crippen MR) is 113 cm³/mol. The Morgan fingerprint density at radius 2 is 1.03 bits per heavy atom. The fraction of sp³-hybridized carbons (Fsp3) is 0.818. The van der Waals surface area contributed by atoms with Gasteiger partial charge in [-0.1, -0.05) is 52.4 Å². The Balaban J connectivity index is 3.85. The second-order valence-corrected chi connectivity index (χ2v) is 8.36. The molecule has 0 aromatic carbocycles. The molecule has 30 heavy (non-hydrogen) atoms. The third-order valence-corrected chi connectivity index (χ3v) is 4.20. The average molecular weight is 433 g/mol. The highest BCUT2D eigenvalue weighted by Gasteiger charge is 2.23. The third-order valence-electron chi connectivity index (χ3n) is 4.20. The summed E-state index contributed by atoms with van der Waals surface area (Å²) >= 11 is 0. The molecule has 0 aromatic rings. The molecular weight excluding hydrogens is 392 g/mol. The highest BCUT2D eigenvalue weighted by Crippen LogP contribution is 2.20. The molecule has 0 N–H and O–H groups in total. The van der Waals surface area contributed by atoms with E-state index in [-0.39, 0.29) is 13.2 Å². The average Bonchev–Trinajstić information content (AvgIpc) is 2.68. The van der Waals surface area contributed by atoms with Gasteiger partial charge in [0.15, 0.2) is 0 Å². The van der Waals surface area contributed by atoms with Crippen molar-refractivity contribution in [2.24, 2.45) is 0 Å². The monoisotopic (exact) mass is 432 g/mol. The Labute approximate surface area is 181 Å². The lowest BCUT2D eigenvalue weighted by atomic mass is 10.0. The molecule has 0 radical (unpaired) electrons. The Morgan fingerprint density at radius 1 is 0.667 bits per heavy atom. The predicted octanol–water partition coefficient (Wildman–Crippen LogP) is 6.43. The molecule has 0 heterocycles. The quantitative estimate of drug-likeness (QED) is 0.0906. The first kappa shape index (κ1) is 28.2. The zero-order chi connectivity index (χ0) is 22.9. The minimum Gasteiger partial charge on any atom is -0.428 e. The highest BCUT2D eigenvalue weighted by molar-refractivity contribution is 5.59. The maximum Gasteiger partial charge on any atom is 0.540 e. The van der Waals surface area contributed by atoms with E-state index in [9.17, 15) is 9.59 Å². The zero-order valence-electron chi connectivity index (χ0n) is 19.5. The second-order valence-electron chi connectivity index (χ2n) is 8.36. The molecule has 0 fully saturated rings. The van der Waals surface area contributed by atoms with Crippen LogP contribution in [0.5, 0.6) is 0 Å². The smallest absolute Gasteiger partial charge is 0.428 e. The van der Waals surface area contributed by atoms with Crippen LogP contribution in [-0.4, -0.2) is 36.7 Å². The molecule has 0 aliphatic rings. The number of carbonyl (C=O) groups excluding carboxylic acids is 2. The van der Waals surface area contributed by atoms with E-state index in [0.29, 0.717) is 0 Å². The molecule has 0 aromatic heterocycles. The summed E-state index contributed by atoms with van der Waals surface area (Å²) < 4.78 is 9.68. The molecular formula is C22H40O8. The van der Waals surface area contributed by atoms with Crippen molar-refractivity contribution in [3.05, 3.63) is 12.2 Å². The Hall–Kier alpha value is -1.80. The fourth-order valence-corrected chi connectivity index (χ4v) is 2.39. The van der Waals surface area contributed by atoms with E-state index in [2.05, 4.69) is 23.6 Å². The van der Waals surface area contributed by atoms with Gasteiger partial charge in [0.25, 0.3) is 0 Å². The maximum absolute atomic E-state index is 11.5. The van der Waals surface area contributed by atoms with Gasteiger partial charge in [-0.25, -0.2) is 9.59 Å². The van der Waals surface area contributed by atoms with Gasteiger partial charge in [-0.05, 0) is 52.7 Å². The molecule has 0 aliphatic carbocycles. The molecule has 0 saturated carbocycles. The lowest BCUT2D eigenvalue weighted by Crippen LogP contribution is -2.26. The van der Waals surface area contributed by atoms with Gasteiger partial charge in [0.05, 0.1) is 0 Å². The first-order valence-corrected chi connectivity index (χ1v) is 10.8. The van der Waals surface area contributed by atoms with Crippen LogP contribution in [0.15, 0.2) is 12.2 Å². The van der Waals surface area contributed by atoms with Crippen LogP contribution < -0.4 is 0 Å². The summed E-state index contributed by atoms with van der Waals surface area (Å²) in [7, 11) is 0. The van der Waals surface area contributed by atoms with Gasteiger partial charge in [0, 0.05) is 0 Å². The van der Waals surface area contributed by atoms with Gasteiger partial charge in [-0.2, -0.15) is 9.78 Å².